The monoisotopic (exact) mass is 464 g/mol. The van der Waals surface area contributed by atoms with Crippen LogP contribution in [0.2, 0.25) is 0 Å². The molecule has 6 heteroatoms. The molecule has 0 atom stereocenters. The van der Waals surface area contributed by atoms with Gasteiger partial charge in [-0.05, 0) is 48.9 Å². The van der Waals surface area contributed by atoms with Crippen LogP contribution in [-0.4, -0.2) is 18.5 Å². The Morgan fingerprint density at radius 2 is 1.45 bits per heavy atom. The summed E-state index contributed by atoms with van der Waals surface area (Å²) < 4.78 is 24.4. The molecule has 0 bridgehead atoms. The summed E-state index contributed by atoms with van der Waals surface area (Å²) >= 11 is 3.29. The molecule has 0 aliphatic rings. The van der Waals surface area contributed by atoms with Crippen molar-refractivity contribution in [1.82, 2.24) is 0 Å². The van der Waals surface area contributed by atoms with Gasteiger partial charge in [-0.3, -0.25) is 0 Å². The fraction of sp³-hybridized carbons (Fsp3) is 0.391. The van der Waals surface area contributed by atoms with Crippen LogP contribution in [0.5, 0.6) is 0 Å². The smallest absolute Gasteiger partial charge is 0.338 e. The first kappa shape index (κ1) is 23.1. The standard InChI is InChI=1S/C23H26BrFO4/c1-2-3-4-5-6-7-14-28-22(26)17-8-10-18(11-9-17)23(27)29-16-19-15-20(25)12-13-21(19)24/h8-13,15H,2-7,14,16H2,1H3. The molecule has 0 saturated carbocycles. The highest BCUT2D eigenvalue weighted by molar-refractivity contribution is 9.10. The molecule has 0 heterocycles. The topological polar surface area (TPSA) is 52.6 Å². The normalized spacial score (nSPS) is 10.6. The maximum Gasteiger partial charge on any atom is 0.338 e. The minimum atomic E-state index is -0.548. The van der Waals surface area contributed by atoms with Crippen LogP contribution in [0.4, 0.5) is 4.39 Å². The molecule has 0 aliphatic carbocycles. The first-order valence-electron chi connectivity index (χ1n) is 9.89. The largest absolute Gasteiger partial charge is 0.462 e. The first-order chi connectivity index (χ1) is 14.0. The van der Waals surface area contributed by atoms with Crippen LogP contribution in [-0.2, 0) is 16.1 Å². The number of hydrogen-bond donors (Lipinski definition) is 0. The average Bonchev–Trinajstić information content (AvgIpc) is 2.73. The zero-order valence-electron chi connectivity index (χ0n) is 16.6. The zero-order valence-corrected chi connectivity index (χ0v) is 18.2. The van der Waals surface area contributed by atoms with E-state index in [9.17, 15) is 14.0 Å². The highest BCUT2D eigenvalue weighted by Gasteiger charge is 2.12. The van der Waals surface area contributed by atoms with Crippen LogP contribution >= 0.6 is 15.9 Å². The highest BCUT2D eigenvalue weighted by Crippen LogP contribution is 2.19. The van der Waals surface area contributed by atoms with Crippen LogP contribution in [0.25, 0.3) is 0 Å². The number of benzene rings is 2. The van der Waals surface area contributed by atoms with Gasteiger partial charge in [0.2, 0.25) is 0 Å². The second kappa shape index (κ2) is 12.4. The van der Waals surface area contributed by atoms with Gasteiger partial charge in [-0.25, -0.2) is 14.0 Å². The zero-order chi connectivity index (χ0) is 21.1. The Balaban J connectivity index is 1.77. The molecule has 0 radical (unpaired) electrons. The van der Waals surface area contributed by atoms with Gasteiger partial charge in [-0.15, -0.1) is 0 Å². The molecule has 0 N–H and O–H groups in total. The van der Waals surface area contributed by atoms with E-state index in [0.29, 0.717) is 27.8 Å². The summed E-state index contributed by atoms with van der Waals surface area (Å²) in [5.41, 5.74) is 1.23. The van der Waals surface area contributed by atoms with E-state index in [0.717, 1.165) is 19.3 Å². The van der Waals surface area contributed by atoms with Crippen LogP contribution in [0.15, 0.2) is 46.9 Å². The van der Waals surface area contributed by atoms with E-state index < -0.39 is 17.8 Å². The van der Waals surface area contributed by atoms with Gasteiger partial charge in [0.25, 0.3) is 0 Å². The molecule has 2 aromatic rings. The van der Waals surface area contributed by atoms with E-state index in [1.807, 2.05) is 0 Å². The Morgan fingerprint density at radius 3 is 2.10 bits per heavy atom. The van der Waals surface area contributed by atoms with Gasteiger partial charge in [0.15, 0.2) is 0 Å². The summed E-state index contributed by atoms with van der Waals surface area (Å²) in [5.74, 6) is -1.35. The lowest BCUT2D eigenvalue weighted by Crippen LogP contribution is -2.09. The summed E-state index contributed by atoms with van der Waals surface area (Å²) in [6.07, 6.45) is 6.75. The van der Waals surface area contributed by atoms with E-state index >= 15 is 0 Å². The van der Waals surface area contributed by atoms with Crippen LogP contribution in [0, 0.1) is 5.82 Å². The van der Waals surface area contributed by atoms with Crippen molar-refractivity contribution in [2.24, 2.45) is 0 Å². The predicted molar refractivity (Wildman–Crippen MR) is 113 cm³/mol. The second-order valence-corrected chi connectivity index (χ2v) is 7.65. The molecular formula is C23H26BrFO4. The molecule has 0 aliphatic heterocycles. The van der Waals surface area contributed by atoms with Crippen LogP contribution < -0.4 is 0 Å². The van der Waals surface area contributed by atoms with Crippen molar-refractivity contribution in [2.45, 2.75) is 52.1 Å². The number of hydrogen-bond acceptors (Lipinski definition) is 4. The minimum absolute atomic E-state index is 0.0563. The number of unbranched alkanes of at least 4 members (excludes halogenated alkanes) is 5. The quantitative estimate of drug-likeness (QED) is 0.282. The Hall–Kier alpha value is -2.21. The third kappa shape index (κ3) is 7.97. The SMILES string of the molecule is CCCCCCCCOC(=O)c1ccc(C(=O)OCc2cc(F)ccc2Br)cc1. The van der Waals surface area contributed by atoms with Gasteiger partial charge in [-0.1, -0.05) is 55.0 Å². The van der Waals surface area contributed by atoms with Gasteiger partial charge in [0.1, 0.15) is 12.4 Å². The van der Waals surface area contributed by atoms with Crippen LogP contribution in [0.1, 0.15) is 71.7 Å². The molecule has 4 nitrogen and oxygen atoms in total. The Morgan fingerprint density at radius 1 is 0.862 bits per heavy atom. The molecule has 29 heavy (non-hydrogen) atoms. The highest BCUT2D eigenvalue weighted by atomic mass is 79.9. The van der Waals surface area contributed by atoms with E-state index in [2.05, 4.69) is 22.9 Å². The number of carbonyl (C=O) groups is 2. The Labute approximate surface area is 179 Å². The number of ether oxygens (including phenoxy) is 2. The number of esters is 2. The molecule has 0 amide bonds. The lowest BCUT2D eigenvalue weighted by molar-refractivity contribution is 0.0465. The summed E-state index contributed by atoms with van der Waals surface area (Å²) in [6, 6.07) is 10.3. The molecule has 2 aromatic carbocycles. The third-order valence-corrected chi connectivity index (χ3v) is 5.23. The van der Waals surface area contributed by atoms with Gasteiger partial charge in [0.05, 0.1) is 17.7 Å². The molecule has 0 saturated heterocycles. The maximum atomic E-state index is 13.3. The second-order valence-electron chi connectivity index (χ2n) is 6.79. The van der Waals surface area contributed by atoms with E-state index in [1.165, 1.54) is 55.7 Å². The number of rotatable bonds is 11. The number of carbonyl (C=O) groups excluding carboxylic acids is 2. The number of halogens is 2. The fourth-order valence-electron chi connectivity index (χ4n) is 2.75. The van der Waals surface area contributed by atoms with Crippen molar-refractivity contribution in [3.05, 3.63) is 69.4 Å². The summed E-state index contributed by atoms with van der Waals surface area (Å²) in [4.78, 5) is 24.2. The van der Waals surface area contributed by atoms with Gasteiger partial charge < -0.3 is 9.47 Å². The molecule has 0 unspecified atom stereocenters. The van der Waals surface area contributed by atoms with Gasteiger partial charge in [-0.2, -0.15) is 0 Å². The molecule has 2 rings (SSSR count). The summed E-state index contributed by atoms with van der Waals surface area (Å²) in [6.45, 7) is 2.52. The molecular weight excluding hydrogens is 439 g/mol. The summed E-state index contributed by atoms with van der Waals surface area (Å²) in [5, 5.41) is 0. The van der Waals surface area contributed by atoms with E-state index in [4.69, 9.17) is 9.47 Å². The molecule has 156 valence electrons. The fourth-order valence-corrected chi connectivity index (χ4v) is 3.11. The van der Waals surface area contributed by atoms with Crippen molar-refractivity contribution in [3.8, 4) is 0 Å². The Bertz CT molecular complexity index is 805. The van der Waals surface area contributed by atoms with Crippen molar-refractivity contribution < 1.29 is 23.5 Å². The minimum Gasteiger partial charge on any atom is -0.462 e. The molecule has 0 spiro atoms. The molecule has 0 aromatic heterocycles. The average molecular weight is 465 g/mol. The van der Waals surface area contributed by atoms with Gasteiger partial charge >= 0.3 is 11.9 Å². The van der Waals surface area contributed by atoms with Crippen LogP contribution in [0.3, 0.4) is 0 Å². The third-order valence-electron chi connectivity index (χ3n) is 4.45. The van der Waals surface area contributed by atoms with E-state index in [-0.39, 0.29) is 6.61 Å². The summed E-state index contributed by atoms with van der Waals surface area (Å²) in [7, 11) is 0. The Kier molecular flexibility index (Phi) is 9.84. The molecule has 0 fully saturated rings. The van der Waals surface area contributed by atoms with Gasteiger partial charge in [0, 0.05) is 10.0 Å². The van der Waals surface area contributed by atoms with Crippen molar-refractivity contribution in [3.63, 3.8) is 0 Å². The first-order valence-corrected chi connectivity index (χ1v) is 10.7. The predicted octanol–water partition coefficient (Wildman–Crippen LogP) is 6.46. The lowest BCUT2D eigenvalue weighted by Gasteiger charge is -2.08. The van der Waals surface area contributed by atoms with E-state index in [1.54, 1.807) is 6.07 Å². The van der Waals surface area contributed by atoms with Crippen molar-refractivity contribution in [2.75, 3.05) is 6.61 Å². The van der Waals surface area contributed by atoms with Crippen molar-refractivity contribution in [1.29, 1.82) is 0 Å². The maximum absolute atomic E-state index is 13.3. The van der Waals surface area contributed by atoms with Crippen molar-refractivity contribution >= 4 is 27.9 Å². The lowest BCUT2D eigenvalue weighted by atomic mass is 10.1.